The molecule has 0 aliphatic carbocycles. The van der Waals surface area contributed by atoms with Crippen molar-refractivity contribution in [1.29, 1.82) is 0 Å². The van der Waals surface area contributed by atoms with Crippen molar-refractivity contribution in [3.63, 3.8) is 0 Å². The van der Waals surface area contributed by atoms with Gasteiger partial charge in [0.2, 0.25) is 5.89 Å². The Morgan fingerprint density at radius 1 is 1.29 bits per heavy atom. The number of hydrogen-bond donors (Lipinski definition) is 0. The number of aryl methyl sites for hydroxylation is 1. The highest BCUT2D eigenvalue weighted by atomic mass is 35.5. The Balaban J connectivity index is 2.26. The molecule has 2 aromatic rings. The Kier molecular flexibility index (Phi) is 3.63. The predicted octanol–water partition coefficient (Wildman–Crippen LogP) is 3.10. The fourth-order valence-electron chi connectivity index (χ4n) is 1.13. The summed E-state index contributed by atoms with van der Waals surface area (Å²) in [6.45, 7) is 5.76. The molecule has 0 saturated heterocycles. The molecule has 5 nitrogen and oxygen atoms in total. The molecule has 0 aromatic carbocycles. The SMILES string of the molecule is Cc1nnc(Sc2cc(Cl)nc(C(C)C)n2)o1. The van der Waals surface area contributed by atoms with E-state index in [2.05, 4.69) is 20.2 Å². The zero-order valence-corrected chi connectivity index (χ0v) is 11.2. The van der Waals surface area contributed by atoms with Gasteiger partial charge in [-0.15, -0.1) is 10.2 Å². The molecule has 0 N–H and O–H groups in total. The number of rotatable bonds is 3. The van der Waals surface area contributed by atoms with Gasteiger partial charge in [-0.25, -0.2) is 9.97 Å². The van der Waals surface area contributed by atoms with Crippen LogP contribution >= 0.6 is 23.4 Å². The van der Waals surface area contributed by atoms with Crippen LogP contribution in [0, 0.1) is 6.92 Å². The second-order valence-corrected chi connectivity index (χ2v) is 5.09. The average Bonchev–Trinajstić information content (AvgIpc) is 2.63. The Bertz CT molecular complexity index is 529. The van der Waals surface area contributed by atoms with Gasteiger partial charge in [0, 0.05) is 18.9 Å². The first-order valence-electron chi connectivity index (χ1n) is 5.07. The van der Waals surface area contributed by atoms with Crippen LogP contribution in [0.5, 0.6) is 0 Å². The molecule has 2 rings (SSSR count). The lowest BCUT2D eigenvalue weighted by Crippen LogP contribution is -1.98. The largest absolute Gasteiger partial charge is 0.416 e. The molecule has 0 fully saturated rings. The summed E-state index contributed by atoms with van der Waals surface area (Å²) >= 11 is 7.21. The average molecular weight is 271 g/mol. The number of nitrogens with zero attached hydrogens (tertiary/aromatic N) is 4. The van der Waals surface area contributed by atoms with Crippen LogP contribution in [0.15, 0.2) is 20.7 Å². The van der Waals surface area contributed by atoms with Crippen LogP contribution in [0.1, 0.15) is 31.5 Å². The molecule has 0 atom stereocenters. The van der Waals surface area contributed by atoms with Crippen molar-refractivity contribution < 1.29 is 4.42 Å². The molecular formula is C10H11ClN4OS. The number of aromatic nitrogens is 4. The summed E-state index contributed by atoms with van der Waals surface area (Å²) in [5, 5.41) is 9.21. The molecular weight excluding hydrogens is 260 g/mol. The molecule has 0 aliphatic rings. The molecule has 2 aromatic heterocycles. The highest BCUT2D eigenvalue weighted by Crippen LogP contribution is 2.27. The fraction of sp³-hybridized carbons (Fsp3) is 0.400. The van der Waals surface area contributed by atoms with Gasteiger partial charge in [0.05, 0.1) is 0 Å². The summed E-state index contributed by atoms with van der Waals surface area (Å²) in [6, 6.07) is 1.68. The Labute approximate surface area is 108 Å². The maximum Gasteiger partial charge on any atom is 0.282 e. The first-order chi connectivity index (χ1) is 8.04. The zero-order chi connectivity index (χ0) is 12.4. The van der Waals surface area contributed by atoms with Crippen molar-refractivity contribution in [2.24, 2.45) is 0 Å². The van der Waals surface area contributed by atoms with E-state index in [1.165, 1.54) is 11.8 Å². The second-order valence-electron chi connectivity index (χ2n) is 3.73. The molecule has 2 heterocycles. The van der Waals surface area contributed by atoms with Crippen LogP contribution in [-0.4, -0.2) is 20.2 Å². The van der Waals surface area contributed by atoms with Gasteiger partial charge >= 0.3 is 0 Å². The lowest BCUT2D eigenvalue weighted by atomic mass is 10.2. The van der Waals surface area contributed by atoms with Crippen LogP contribution in [0.4, 0.5) is 0 Å². The van der Waals surface area contributed by atoms with Gasteiger partial charge in [0.15, 0.2) is 0 Å². The first-order valence-corrected chi connectivity index (χ1v) is 6.26. The van der Waals surface area contributed by atoms with E-state index < -0.39 is 0 Å². The summed E-state index contributed by atoms with van der Waals surface area (Å²) in [4.78, 5) is 8.53. The molecule has 0 spiro atoms. The van der Waals surface area contributed by atoms with Crippen molar-refractivity contribution in [3.8, 4) is 0 Å². The van der Waals surface area contributed by atoms with Crippen molar-refractivity contribution in [2.75, 3.05) is 0 Å². The van der Waals surface area contributed by atoms with Crippen molar-refractivity contribution in [2.45, 2.75) is 36.9 Å². The van der Waals surface area contributed by atoms with E-state index in [4.69, 9.17) is 16.0 Å². The first kappa shape index (κ1) is 12.3. The third-order valence-electron chi connectivity index (χ3n) is 1.90. The van der Waals surface area contributed by atoms with Gasteiger partial charge in [0.25, 0.3) is 5.22 Å². The third kappa shape index (κ3) is 3.17. The van der Waals surface area contributed by atoms with E-state index in [0.29, 0.717) is 27.1 Å². The lowest BCUT2D eigenvalue weighted by Gasteiger charge is -2.05. The minimum Gasteiger partial charge on any atom is -0.416 e. The van der Waals surface area contributed by atoms with Gasteiger partial charge in [-0.05, 0) is 11.8 Å². The molecule has 90 valence electrons. The maximum atomic E-state index is 5.93. The molecule has 0 bridgehead atoms. The standard InChI is InChI=1S/C10H11ClN4OS/c1-5(2)9-12-7(11)4-8(13-9)17-10-15-14-6(3)16-10/h4-5H,1-3H3. The Hall–Kier alpha value is -1.14. The molecule has 0 aliphatic heterocycles. The summed E-state index contributed by atoms with van der Waals surface area (Å²) in [6.07, 6.45) is 0. The molecule has 17 heavy (non-hydrogen) atoms. The van der Waals surface area contributed by atoms with Crippen molar-refractivity contribution >= 4 is 23.4 Å². The van der Waals surface area contributed by atoms with Crippen LogP contribution in [0.2, 0.25) is 5.15 Å². The smallest absolute Gasteiger partial charge is 0.282 e. The van der Waals surface area contributed by atoms with Crippen LogP contribution < -0.4 is 0 Å². The van der Waals surface area contributed by atoms with E-state index in [1.54, 1.807) is 13.0 Å². The monoisotopic (exact) mass is 270 g/mol. The van der Waals surface area contributed by atoms with E-state index in [0.717, 1.165) is 0 Å². The van der Waals surface area contributed by atoms with Gasteiger partial charge in [-0.1, -0.05) is 25.4 Å². The third-order valence-corrected chi connectivity index (χ3v) is 2.86. The predicted molar refractivity (Wildman–Crippen MR) is 64.3 cm³/mol. The molecule has 0 unspecified atom stereocenters. The van der Waals surface area contributed by atoms with Crippen LogP contribution in [-0.2, 0) is 0 Å². The zero-order valence-electron chi connectivity index (χ0n) is 9.64. The summed E-state index contributed by atoms with van der Waals surface area (Å²) < 4.78 is 5.26. The quantitative estimate of drug-likeness (QED) is 0.799. The van der Waals surface area contributed by atoms with Crippen molar-refractivity contribution in [3.05, 3.63) is 22.9 Å². The van der Waals surface area contributed by atoms with E-state index >= 15 is 0 Å². The van der Waals surface area contributed by atoms with Crippen LogP contribution in [0.3, 0.4) is 0 Å². The highest BCUT2D eigenvalue weighted by Gasteiger charge is 2.11. The van der Waals surface area contributed by atoms with E-state index in [-0.39, 0.29) is 5.92 Å². The Morgan fingerprint density at radius 3 is 2.65 bits per heavy atom. The lowest BCUT2D eigenvalue weighted by molar-refractivity contribution is 0.429. The van der Waals surface area contributed by atoms with Gasteiger partial charge in [-0.2, -0.15) is 0 Å². The number of hydrogen-bond acceptors (Lipinski definition) is 6. The van der Waals surface area contributed by atoms with E-state index in [9.17, 15) is 0 Å². The van der Waals surface area contributed by atoms with Gasteiger partial charge in [0.1, 0.15) is 16.0 Å². The molecule has 0 radical (unpaired) electrons. The van der Waals surface area contributed by atoms with Gasteiger partial charge < -0.3 is 4.42 Å². The summed E-state index contributed by atoms with van der Waals surface area (Å²) in [5.41, 5.74) is 0. The van der Waals surface area contributed by atoms with Gasteiger partial charge in [-0.3, -0.25) is 0 Å². The maximum absolute atomic E-state index is 5.93. The summed E-state index contributed by atoms with van der Waals surface area (Å²) in [5.74, 6) is 1.45. The summed E-state index contributed by atoms with van der Waals surface area (Å²) in [7, 11) is 0. The topological polar surface area (TPSA) is 64.7 Å². The molecule has 0 saturated carbocycles. The van der Waals surface area contributed by atoms with Crippen LogP contribution in [0.25, 0.3) is 0 Å². The number of halogens is 1. The Morgan fingerprint density at radius 2 is 2.06 bits per heavy atom. The van der Waals surface area contributed by atoms with Crippen molar-refractivity contribution in [1.82, 2.24) is 20.2 Å². The minimum absolute atomic E-state index is 0.220. The van der Waals surface area contributed by atoms with E-state index in [1.807, 2.05) is 13.8 Å². The minimum atomic E-state index is 0.220. The highest BCUT2D eigenvalue weighted by molar-refractivity contribution is 7.99. The fourth-order valence-corrected chi connectivity index (χ4v) is 2.12. The molecule has 0 amide bonds. The second kappa shape index (κ2) is 5.01. The normalized spacial score (nSPS) is 11.1. The molecule has 7 heteroatoms.